The van der Waals surface area contributed by atoms with Gasteiger partial charge in [0.2, 0.25) is 0 Å². The van der Waals surface area contributed by atoms with E-state index in [2.05, 4.69) is 10.6 Å². The predicted octanol–water partition coefficient (Wildman–Crippen LogP) is 2.99. The first kappa shape index (κ1) is 12.8. The van der Waals surface area contributed by atoms with Gasteiger partial charge < -0.3 is 10.6 Å². The fourth-order valence-corrected chi connectivity index (χ4v) is 1.09. The van der Waals surface area contributed by atoms with Crippen LogP contribution in [0.15, 0.2) is 36.0 Å². The number of urea groups is 1. The second-order valence-electron chi connectivity index (χ2n) is 3.63. The second kappa shape index (κ2) is 6.33. The molecule has 0 spiro atoms. The molecule has 0 heterocycles. The van der Waals surface area contributed by atoms with Crippen molar-refractivity contribution in [1.29, 1.82) is 5.26 Å². The van der Waals surface area contributed by atoms with Crippen molar-refractivity contribution >= 4 is 11.7 Å². The number of carbonyl (C=O) groups excluding carboxylic acids is 1. The topological polar surface area (TPSA) is 64.9 Å². The van der Waals surface area contributed by atoms with Gasteiger partial charge in [-0.05, 0) is 37.6 Å². The molecule has 0 atom stereocenters. The normalized spacial score (nSPS) is 10.5. The van der Waals surface area contributed by atoms with Crippen molar-refractivity contribution in [3.05, 3.63) is 41.6 Å². The van der Waals surface area contributed by atoms with Crippen LogP contribution in [0.25, 0.3) is 0 Å². The summed E-state index contributed by atoms with van der Waals surface area (Å²) >= 11 is 0. The number of rotatable bonds is 3. The van der Waals surface area contributed by atoms with Gasteiger partial charge in [0, 0.05) is 11.9 Å². The zero-order valence-electron chi connectivity index (χ0n) is 9.95. The number of hydrogen-bond acceptors (Lipinski definition) is 2. The number of amides is 2. The molecule has 0 aliphatic rings. The molecule has 0 saturated heterocycles. The first-order valence-electron chi connectivity index (χ1n) is 5.39. The molecular formula is C13H15N3O. The van der Waals surface area contributed by atoms with Gasteiger partial charge in [-0.3, -0.25) is 0 Å². The monoisotopic (exact) mass is 229 g/mol. The lowest BCUT2D eigenvalue weighted by atomic mass is 10.2. The number of allylic oxidation sites excluding steroid dienone is 1. The summed E-state index contributed by atoms with van der Waals surface area (Å²) in [7, 11) is 0. The Morgan fingerprint density at radius 2 is 2.06 bits per heavy atom. The molecule has 0 unspecified atom stereocenters. The SMILES string of the molecule is CC/C(C)=C/NC(=O)Nc1ccc(C#N)cc1. The van der Waals surface area contributed by atoms with Crippen LogP contribution in [0.4, 0.5) is 10.5 Å². The van der Waals surface area contributed by atoms with E-state index in [1.807, 2.05) is 19.9 Å². The molecule has 0 saturated carbocycles. The lowest BCUT2D eigenvalue weighted by molar-refractivity contribution is 0.255. The summed E-state index contributed by atoms with van der Waals surface area (Å²) in [4.78, 5) is 11.5. The Bertz CT molecular complexity index is 455. The fraction of sp³-hybridized carbons (Fsp3) is 0.231. The van der Waals surface area contributed by atoms with Gasteiger partial charge in [-0.25, -0.2) is 4.79 Å². The van der Waals surface area contributed by atoms with Crippen molar-refractivity contribution in [1.82, 2.24) is 5.32 Å². The molecule has 0 aromatic heterocycles. The minimum absolute atomic E-state index is 0.289. The summed E-state index contributed by atoms with van der Waals surface area (Å²) < 4.78 is 0. The highest BCUT2D eigenvalue weighted by atomic mass is 16.2. The highest BCUT2D eigenvalue weighted by Crippen LogP contribution is 2.08. The van der Waals surface area contributed by atoms with Gasteiger partial charge in [-0.2, -0.15) is 5.26 Å². The highest BCUT2D eigenvalue weighted by molar-refractivity contribution is 5.89. The van der Waals surface area contributed by atoms with Gasteiger partial charge in [-0.1, -0.05) is 12.5 Å². The summed E-state index contributed by atoms with van der Waals surface area (Å²) in [6.07, 6.45) is 2.58. The number of nitrogens with zero attached hydrogens (tertiary/aromatic N) is 1. The Morgan fingerprint density at radius 1 is 1.41 bits per heavy atom. The van der Waals surface area contributed by atoms with E-state index in [0.717, 1.165) is 12.0 Å². The minimum atomic E-state index is -0.289. The van der Waals surface area contributed by atoms with Gasteiger partial charge in [0.1, 0.15) is 0 Å². The van der Waals surface area contributed by atoms with Crippen LogP contribution < -0.4 is 10.6 Å². The van der Waals surface area contributed by atoms with Gasteiger partial charge in [0.05, 0.1) is 11.6 Å². The molecular weight excluding hydrogens is 214 g/mol. The molecule has 17 heavy (non-hydrogen) atoms. The molecule has 4 nitrogen and oxygen atoms in total. The van der Waals surface area contributed by atoms with Crippen molar-refractivity contribution in [2.24, 2.45) is 0 Å². The van der Waals surface area contributed by atoms with Gasteiger partial charge in [-0.15, -0.1) is 0 Å². The van der Waals surface area contributed by atoms with E-state index in [4.69, 9.17) is 5.26 Å². The Labute approximate surface area is 101 Å². The largest absolute Gasteiger partial charge is 0.323 e. The number of nitriles is 1. The third-order valence-corrected chi connectivity index (χ3v) is 2.28. The molecule has 0 radical (unpaired) electrons. The van der Waals surface area contributed by atoms with E-state index in [-0.39, 0.29) is 6.03 Å². The average molecular weight is 229 g/mol. The quantitative estimate of drug-likeness (QED) is 0.836. The van der Waals surface area contributed by atoms with Crippen LogP contribution in [0.5, 0.6) is 0 Å². The maximum absolute atomic E-state index is 11.5. The van der Waals surface area contributed by atoms with Crippen molar-refractivity contribution in [3.8, 4) is 6.07 Å². The van der Waals surface area contributed by atoms with E-state index in [9.17, 15) is 4.79 Å². The lowest BCUT2D eigenvalue weighted by Crippen LogP contribution is -2.24. The van der Waals surface area contributed by atoms with Crippen molar-refractivity contribution in [3.63, 3.8) is 0 Å². The van der Waals surface area contributed by atoms with Crippen LogP contribution in [-0.2, 0) is 0 Å². The molecule has 1 aromatic rings. The van der Waals surface area contributed by atoms with Gasteiger partial charge in [0.15, 0.2) is 0 Å². The number of anilines is 1. The number of benzene rings is 1. The molecule has 0 aliphatic heterocycles. The van der Waals surface area contributed by atoms with Crippen molar-refractivity contribution < 1.29 is 4.79 Å². The van der Waals surface area contributed by atoms with E-state index in [0.29, 0.717) is 11.3 Å². The van der Waals surface area contributed by atoms with Crippen molar-refractivity contribution in [2.45, 2.75) is 20.3 Å². The van der Waals surface area contributed by atoms with Gasteiger partial charge in [0.25, 0.3) is 0 Å². The Balaban J connectivity index is 2.54. The van der Waals surface area contributed by atoms with Crippen molar-refractivity contribution in [2.75, 3.05) is 5.32 Å². The molecule has 0 fully saturated rings. The standard InChI is InChI=1S/C13H15N3O/c1-3-10(2)9-15-13(17)16-12-6-4-11(8-14)5-7-12/h4-7,9H,3H2,1-2H3,(H2,15,16,17)/b10-9+. The number of hydrogen-bond donors (Lipinski definition) is 2. The average Bonchev–Trinajstić information content (AvgIpc) is 2.36. The van der Waals surface area contributed by atoms with Crippen LogP contribution in [0, 0.1) is 11.3 Å². The zero-order chi connectivity index (χ0) is 12.7. The molecule has 1 aromatic carbocycles. The maximum atomic E-state index is 11.5. The summed E-state index contributed by atoms with van der Waals surface area (Å²) in [5.74, 6) is 0. The third-order valence-electron chi connectivity index (χ3n) is 2.28. The van der Waals surface area contributed by atoms with Crippen LogP contribution in [0.3, 0.4) is 0 Å². The van der Waals surface area contributed by atoms with E-state index in [1.165, 1.54) is 0 Å². The fourth-order valence-electron chi connectivity index (χ4n) is 1.09. The van der Waals surface area contributed by atoms with E-state index >= 15 is 0 Å². The zero-order valence-corrected chi connectivity index (χ0v) is 9.95. The predicted molar refractivity (Wildman–Crippen MR) is 67.4 cm³/mol. The van der Waals surface area contributed by atoms with Crippen LogP contribution in [-0.4, -0.2) is 6.03 Å². The van der Waals surface area contributed by atoms with Gasteiger partial charge >= 0.3 is 6.03 Å². The summed E-state index contributed by atoms with van der Waals surface area (Å²) in [6, 6.07) is 8.42. The number of nitrogens with one attached hydrogen (secondary N) is 2. The molecule has 0 bridgehead atoms. The first-order valence-corrected chi connectivity index (χ1v) is 5.39. The summed E-state index contributed by atoms with van der Waals surface area (Å²) in [5.41, 5.74) is 2.32. The van der Waals surface area contributed by atoms with E-state index < -0.39 is 0 Å². The van der Waals surface area contributed by atoms with Crippen LogP contribution in [0.2, 0.25) is 0 Å². The minimum Gasteiger partial charge on any atom is -0.314 e. The molecule has 2 amide bonds. The molecule has 4 heteroatoms. The smallest absolute Gasteiger partial charge is 0.314 e. The molecule has 0 aliphatic carbocycles. The molecule has 88 valence electrons. The highest BCUT2D eigenvalue weighted by Gasteiger charge is 1.99. The molecule has 2 N–H and O–H groups in total. The summed E-state index contributed by atoms with van der Waals surface area (Å²) in [5, 5.41) is 13.9. The van der Waals surface area contributed by atoms with Crippen LogP contribution >= 0.6 is 0 Å². The molecule has 1 rings (SSSR count). The third kappa shape index (κ3) is 4.39. The Kier molecular flexibility index (Phi) is 4.77. The van der Waals surface area contributed by atoms with E-state index in [1.54, 1.807) is 30.5 Å². The Morgan fingerprint density at radius 3 is 2.59 bits per heavy atom. The first-order chi connectivity index (χ1) is 8.15. The second-order valence-corrected chi connectivity index (χ2v) is 3.63. The number of carbonyl (C=O) groups is 1. The Hall–Kier alpha value is -2.28. The lowest BCUT2D eigenvalue weighted by Gasteiger charge is -2.05. The van der Waals surface area contributed by atoms with Crippen LogP contribution in [0.1, 0.15) is 25.8 Å². The maximum Gasteiger partial charge on any atom is 0.323 e. The summed E-state index contributed by atoms with van der Waals surface area (Å²) in [6.45, 7) is 3.97.